The summed E-state index contributed by atoms with van der Waals surface area (Å²) in [7, 11) is 0. The van der Waals surface area contributed by atoms with Crippen molar-refractivity contribution in [3.05, 3.63) is 35.4 Å². The Bertz CT molecular complexity index is 586. The fraction of sp³-hybridized carbons (Fsp3) is 0.438. The van der Waals surface area contributed by atoms with E-state index < -0.39 is 0 Å². The first-order valence-corrected chi connectivity index (χ1v) is 7.14. The third kappa shape index (κ3) is 2.43. The highest BCUT2D eigenvalue weighted by Gasteiger charge is 2.14. The van der Waals surface area contributed by atoms with Gasteiger partial charge in [-0.05, 0) is 42.7 Å². The Morgan fingerprint density at radius 3 is 2.74 bits per heavy atom. The monoisotopic (exact) mass is 255 g/mol. The minimum absolute atomic E-state index is 1.05. The molecule has 0 aliphatic carbocycles. The van der Waals surface area contributed by atoms with Gasteiger partial charge in [0.15, 0.2) is 0 Å². The molecule has 1 saturated heterocycles. The smallest absolute Gasteiger partial charge is 0.132 e. The summed E-state index contributed by atoms with van der Waals surface area (Å²) in [5.74, 6) is 1.15. The zero-order valence-corrected chi connectivity index (χ0v) is 11.7. The molecule has 19 heavy (non-hydrogen) atoms. The number of rotatable bonds is 2. The lowest BCUT2D eigenvalue weighted by molar-refractivity contribution is 0.584. The molecular formula is C16H21N3. The summed E-state index contributed by atoms with van der Waals surface area (Å²) in [4.78, 5) is 7.26. The first-order chi connectivity index (χ1) is 9.28. The van der Waals surface area contributed by atoms with Crippen LogP contribution in [-0.4, -0.2) is 31.2 Å². The van der Waals surface area contributed by atoms with Crippen molar-refractivity contribution in [2.45, 2.75) is 20.3 Å². The van der Waals surface area contributed by atoms with Crippen LogP contribution < -0.4 is 10.2 Å². The maximum absolute atomic E-state index is 4.87. The molecule has 0 unspecified atom stereocenters. The van der Waals surface area contributed by atoms with Crippen LogP contribution in [0.4, 0.5) is 5.82 Å². The predicted octanol–water partition coefficient (Wildman–Crippen LogP) is 2.52. The van der Waals surface area contributed by atoms with E-state index >= 15 is 0 Å². The summed E-state index contributed by atoms with van der Waals surface area (Å²) in [6, 6.07) is 8.88. The minimum atomic E-state index is 1.05. The molecule has 0 bridgehead atoms. The van der Waals surface area contributed by atoms with Crippen molar-refractivity contribution in [2.24, 2.45) is 0 Å². The van der Waals surface area contributed by atoms with Gasteiger partial charge in [-0.25, -0.2) is 4.98 Å². The Morgan fingerprint density at radius 1 is 1.21 bits per heavy atom. The maximum atomic E-state index is 4.87. The number of hydrogen-bond donors (Lipinski definition) is 1. The molecule has 3 nitrogen and oxygen atoms in total. The van der Waals surface area contributed by atoms with E-state index in [1.54, 1.807) is 0 Å². The Morgan fingerprint density at radius 2 is 2.00 bits per heavy atom. The van der Waals surface area contributed by atoms with Gasteiger partial charge in [0.25, 0.3) is 0 Å². The van der Waals surface area contributed by atoms with Crippen molar-refractivity contribution in [3.63, 3.8) is 0 Å². The molecule has 1 N–H and O–H groups in total. The molecular weight excluding hydrogens is 234 g/mol. The second-order valence-electron chi connectivity index (χ2n) is 5.25. The number of nitrogens with one attached hydrogen (secondary N) is 1. The molecule has 3 rings (SSSR count). The van der Waals surface area contributed by atoms with Gasteiger partial charge in [-0.3, -0.25) is 0 Å². The molecule has 1 aromatic carbocycles. The van der Waals surface area contributed by atoms with E-state index in [9.17, 15) is 0 Å². The van der Waals surface area contributed by atoms with Crippen LogP contribution in [0.2, 0.25) is 0 Å². The second kappa shape index (κ2) is 5.17. The predicted molar refractivity (Wildman–Crippen MR) is 80.9 cm³/mol. The van der Waals surface area contributed by atoms with Gasteiger partial charge in [-0.1, -0.05) is 13.0 Å². The zero-order valence-electron chi connectivity index (χ0n) is 11.7. The molecule has 1 aromatic heterocycles. The highest BCUT2D eigenvalue weighted by atomic mass is 15.2. The van der Waals surface area contributed by atoms with Crippen LogP contribution in [0, 0.1) is 6.92 Å². The lowest BCUT2D eigenvalue weighted by atomic mass is 10.1. The van der Waals surface area contributed by atoms with E-state index in [1.807, 2.05) is 0 Å². The number of hydrogen-bond acceptors (Lipinski definition) is 3. The van der Waals surface area contributed by atoms with E-state index in [4.69, 9.17) is 4.98 Å². The summed E-state index contributed by atoms with van der Waals surface area (Å²) in [6.45, 7) is 8.56. The lowest BCUT2D eigenvalue weighted by Gasteiger charge is -2.29. The van der Waals surface area contributed by atoms with Gasteiger partial charge in [0.05, 0.1) is 5.52 Å². The van der Waals surface area contributed by atoms with Crippen molar-refractivity contribution in [3.8, 4) is 0 Å². The normalized spacial score (nSPS) is 16.0. The molecule has 2 heterocycles. The van der Waals surface area contributed by atoms with Gasteiger partial charge in [0.1, 0.15) is 5.82 Å². The molecule has 3 heteroatoms. The summed E-state index contributed by atoms with van der Waals surface area (Å²) in [5, 5.41) is 4.65. The van der Waals surface area contributed by atoms with Crippen LogP contribution in [0.1, 0.15) is 18.1 Å². The van der Waals surface area contributed by atoms with Crippen LogP contribution in [0.25, 0.3) is 10.9 Å². The summed E-state index contributed by atoms with van der Waals surface area (Å²) < 4.78 is 0. The molecule has 0 amide bonds. The lowest BCUT2D eigenvalue weighted by Crippen LogP contribution is -2.44. The van der Waals surface area contributed by atoms with Crippen molar-refractivity contribution in [1.29, 1.82) is 0 Å². The number of benzene rings is 1. The van der Waals surface area contributed by atoms with Gasteiger partial charge in [0, 0.05) is 31.6 Å². The third-order valence-electron chi connectivity index (χ3n) is 3.87. The zero-order chi connectivity index (χ0) is 13.2. The number of pyridine rings is 1. The van der Waals surface area contributed by atoms with Crippen molar-refractivity contribution < 1.29 is 0 Å². The van der Waals surface area contributed by atoms with Crippen LogP contribution in [-0.2, 0) is 6.42 Å². The first kappa shape index (κ1) is 12.4. The highest BCUT2D eigenvalue weighted by Crippen LogP contribution is 2.24. The molecule has 1 aliphatic rings. The summed E-state index contributed by atoms with van der Waals surface area (Å²) in [5.41, 5.74) is 3.77. The molecule has 0 saturated carbocycles. The fourth-order valence-corrected chi connectivity index (χ4v) is 2.74. The summed E-state index contributed by atoms with van der Waals surface area (Å²) in [6.07, 6.45) is 1.08. The first-order valence-electron chi connectivity index (χ1n) is 7.14. The molecule has 0 atom stereocenters. The van der Waals surface area contributed by atoms with Crippen LogP contribution >= 0.6 is 0 Å². The van der Waals surface area contributed by atoms with Gasteiger partial charge in [-0.2, -0.15) is 0 Å². The van der Waals surface area contributed by atoms with Crippen LogP contribution in [0.5, 0.6) is 0 Å². The van der Waals surface area contributed by atoms with E-state index in [0.29, 0.717) is 0 Å². The molecule has 0 radical (unpaired) electrons. The topological polar surface area (TPSA) is 28.2 Å². The van der Waals surface area contributed by atoms with E-state index in [-0.39, 0.29) is 0 Å². The minimum Gasteiger partial charge on any atom is -0.354 e. The average Bonchev–Trinajstić information content (AvgIpc) is 2.47. The number of aryl methyl sites for hydroxylation is 2. The number of fused-ring (bicyclic) bond motifs is 1. The van der Waals surface area contributed by atoms with Crippen molar-refractivity contribution in [2.75, 3.05) is 31.1 Å². The Hall–Kier alpha value is -1.61. The number of aromatic nitrogens is 1. The third-order valence-corrected chi connectivity index (χ3v) is 3.87. The fourth-order valence-electron chi connectivity index (χ4n) is 2.74. The largest absolute Gasteiger partial charge is 0.354 e. The second-order valence-corrected chi connectivity index (χ2v) is 5.25. The van der Waals surface area contributed by atoms with Crippen LogP contribution in [0.3, 0.4) is 0 Å². The Balaban J connectivity index is 2.03. The van der Waals surface area contributed by atoms with E-state index in [0.717, 1.165) is 43.9 Å². The highest BCUT2D eigenvalue weighted by molar-refractivity contribution is 5.82. The van der Waals surface area contributed by atoms with E-state index in [1.165, 1.54) is 16.5 Å². The number of nitrogens with zero attached hydrogens (tertiary/aromatic N) is 2. The molecule has 0 spiro atoms. The van der Waals surface area contributed by atoms with Crippen molar-refractivity contribution in [1.82, 2.24) is 10.3 Å². The van der Waals surface area contributed by atoms with Gasteiger partial charge >= 0.3 is 0 Å². The SMILES string of the molecule is CCc1ccc2nc(N3CCNCC3)c(C)cc2c1. The average molecular weight is 255 g/mol. The molecule has 100 valence electrons. The van der Waals surface area contributed by atoms with Gasteiger partial charge < -0.3 is 10.2 Å². The summed E-state index contributed by atoms with van der Waals surface area (Å²) >= 11 is 0. The van der Waals surface area contributed by atoms with E-state index in [2.05, 4.69) is 48.3 Å². The molecule has 1 aliphatic heterocycles. The molecule has 1 fully saturated rings. The quantitative estimate of drug-likeness (QED) is 0.893. The van der Waals surface area contributed by atoms with Crippen molar-refractivity contribution >= 4 is 16.7 Å². The Kier molecular flexibility index (Phi) is 3.38. The number of piperazine rings is 1. The van der Waals surface area contributed by atoms with Gasteiger partial charge in [-0.15, -0.1) is 0 Å². The maximum Gasteiger partial charge on any atom is 0.132 e. The molecule has 2 aromatic rings. The standard InChI is InChI=1S/C16H21N3/c1-3-13-4-5-15-14(11-13)10-12(2)16(18-15)19-8-6-17-7-9-19/h4-5,10-11,17H,3,6-9H2,1-2H3. The number of anilines is 1. The van der Waals surface area contributed by atoms with Gasteiger partial charge in [0.2, 0.25) is 0 Å². The van der Waals surface area contributed by atoms with Crippen LogP contribution in [0.15, 0.2) is 24.3 Å². The Labute approximate surface area is 114 Å².